The summed E-state index contributed by atoms with van der Waals surface area (Å²) in [7, 11) is 0. The lowest BCUT2D eigenvalue weighted by atomic mass is 10.1. The van der Waals surface area contributed by atoms with Crippen molar-refractivity contribution in [2.75, 3.05) is 6.54 Å². The summed E-state index contributed by atoms with van der Waals surface area (Å²) < 4.78 is 5.79. The molecule has 0 radical (unpaired) electrons. The SMILES string of the molecule is c1cc(CCNC2CC2)cc(OC2CC2)c1. The second-order valence-electron chi connectivity index (χ2n) is 4.94. The van der Waals surface area contributed by atoms with Gasteiger partial charge in [0.25, 0.3) is 0 Å². The second kappa shape index (κ2) is 4.46. The van der Waals surface area contributed by atoms with Crippen molar-refractivity contribution in [2.24, 2.45) is 0 Å². The number of ether oxygens (including phenoxy) is 1. The third-order valence-corrected chi connectivity index (χ3v) is 3.15. The molecule has 0 amide bonds. The molecule has 0 spiro atoms. The van der Waals surface area contributed by atoms with E-state index in [-0.39, 0.29) is 0 Å². The van der Waals surface area contributed by atoms with E-state index in [1.54, 1.807) is 0 Å². The molecule has 86 valence electrons. The van der Waals surface area contributed by atoms with Gasteiger partial charge in [0.05, 0.1) is 6.10 Å². The van der Waals surface area contributed by atoms with Gasteiger partial charge in [0.2, 0.25) is 0 Å². The summed E-state index contributed by atoms with van der Waals surface area (Å²) >= 11 is 0. The quantitative estimate of drug-likeness (QED) is 0.790. The van der Waals surface area contributed by atoms with Gasteiger partial charge in [0, 0.05) is 6.04 Å². The molecule has 0 saturated heterocycles. The zero-order valence-corrected chi connectivity index (χ0v) is 9.61. The van der Waals surface area contributed by atoms with E-state index in [0.29, 0.717) is 6.10 Å². The van der Waals surface area contributed by atoms with Crippen LogP contribution in [0.2, 0.25) is 0 Å². The minimum absolute atomic E-state index is 0.500. The number of nitrogens with one attached hydrogen (secondary N) is 1. The maximum atomic E-state index is 5.79. The summed E-state index contributed by atoms with van der Waals surface area (Å²) in [5, 5.41) is 3.54. The lowest BCUT2D eigenvalue weighted by molar-refractivity contribution is 0.303. The topological polar surface area (TPSA) is 21.3 Å². The van der Waals surface area contributed by atoms with Crippen LogP contribution in [0.3, 0.4) is 0 Å². The van der Waals surface area contributed by atoms with Gasteiger partial charge >= 0.3 is 0 Å². The largest absolute Gasteiger partial charge is 0.490 e. The molecule has 0 bridgehead atoms. The van der Waals surface area contributed by atoms with Crippen LogP contribution >= 0.6 is 0 Å². The molecule has 2 fully saturated rings. The van der Waals surface area contributed by atoms with Crippen molar-refractivity contribution in [3.63, 3.8) is 0 Å². The lowest BCUT2D eigenvalue weighted by Crippen LogP contribution is -2.19. The number of rotatable bonds is 6. The molecule has 0 heterocycles. The van der Waals surface area contributed by atoms with Gasteiger partial charge < -0.3 is 10.1 Å². The van der Waals surface area contributed by atoms with Crippen LogP contribution in [0.15, 0.2) is 24.3 Å². The van der Waals surface area contributed by atoms with Crippen molar-refractivity contribution in [3.05, 3.63) is 29.8 Å². The van der Waals surface area contributed by atoms with Crippen molar-refractivity contribution in [3.8, 4) is 5.75 Å². The normalized spacial score (nSPS) is 19.8. The maximum absolute atomic E-state index is 5.79. The van der Waals surface area contributed by atoms with E-state index in [0.717, 1.165) is 24.8 Å². The lowest BCUT2D eigenvalue weighted by Gasteiger charge is -2.07. The number of hydrogen-bond acceptors (Lipinski definition) is 2. The minimum atomic E-state index is 0.500. The molecule has 1 N–H and O–H groups in total. The smallest absolute Gasteiger partial charge is 0.119 e. The van der Waals surface area contributed by atoms with Crippen molar-refractivity contribution in [2.45, 2.75) is 44.2 Å². The summed E-state index contributed by atoms with van der Waals surface area (Å²) in [6, 6.07) is 9.35. The van der Waals surface area contributed by atoms with Gasteiger partial charge in [0.15, 0.2) is 0 Å². The molecule has 3 rings (SSSR count). The molecular weight excluding hydrogens is 198 g/mol. The Hall–Kier alpha value is -1.02. The summed E-state index contributed by atoms with van der Waals surface area (Å²) in [6.45, 7) is 1.09. The van der Waals surface area contributed by atoms with Gasteiger partial charge in [-0.05, 0) is 56.3 Å². The van der Waals surface area contributed by atoms with E-state index in [4.69, 9.17) is 4.74 Å². The van der Waals surface area contributed by atoms with Crippen molar-refractivity contribution in [1.82, 2.24) is 5.32 Å². The first kappa shape index (κ1) is 10.2. The standard InChI is InChI=1S/C14H19NO/c1-2-11(8-9-15-12-4-5-12)10-14(3-1)16-13-6-7-13/h1-3,10,12-13,15H,4-9H2. The van der Waals surface area contributed by atoms with E-state index in [1.807, 2.05) is 0 Å². The Morgan fingerprint density at radius 1 is 1.19 bits per heavy atom. The highest BCUT2D eigenvalue weighted by molar-refractivity contribution is 5.29. The van der Waals surface area contributed by atoms with Gasteiger partial charge in [-0.25, -0.2) is 0 Å². The van der Waals surface area contributed by atoms with Crippen molar-refractivity contribution < 1.29 is 4.74 Å². The Labute approximate surface area is 97.0 Å². The van der Waals surface area contributed by atoms with Crippen LogP contribution in [0.25, 0.3) is 0 Å². The molecule has 0 atom stereocenters. The zero-order chi connectivity index (χ0) is 10.8. The Bertz CT molecular complexity index is 356. The Morgan fingerprint density at radius 2 is 2.06 bits per heavy atom. The van der Waals surface area contributed by atoms with E-state index < -0.39 is 0 Å². The highest BCUT2D eigenvalue weighted by Gasteiger charge is 2.23. The molecule has 1 aromatic rings. The number of hydrogen-bond donors (Lipinski definition) is 1. The number of benzene rings is 1. The van der Waals surface area contributed by atoms with Crippen LogP contribution in [0.1, 0.15) is 31.2 Å². The molecule has 0 aliphatic heterocycles. The summed E-state index contributed by atoms with van der Waals surface area (Å²) in [5.41, 5.74) is 1.38. The van der Waals surface area contributed by atoms with E-state index in [9.17, 15) is 0 Å². The van der Waals surface area contributed by atoms with Crippen LogP contribution in [0, 0.1) is 0 Å². The van der Waals surface area contributed by atoms with Crippen LogP contribution in [-0.2, 0) is 6.42 Å². The molecule has 2 aliphatic rings. The van der Waals surface area contributed by atoms with E-state index in [2.05, 4.69) is 29.6 Å². The molecule has 2 saturated carbocycles. The van der Waals surface area contributed by atoms with Crippen molar-refractivity contribution in [1.29, 1.82) is 0 Å². The molecular formula is C14H19NO. The fourth-order valence-corrected chi connectivity index (χ4v) is 1.86. The Morgan fingerprint density at radius 3 is 2.81 bits per heavy atom. The Kier molecular flexibility index (Phi) is 2.83. The highest BCUT2D eigenvalue weighted by atomic mass is 16.5. The van der Waals surface area contributed by atoms with Gasteiger partial charge in [-0.3, -0.25) is 0 Å². The Balaban J connectivity index is 1.51. The third-order valence-electron chi connectivity index (χ3n) is 3.15. The van der Waals surface area contributed by atoms with Crippen LogP contribution in [0.4, 0.5) is 0 Å². The molecule has 0 unspecified atom stereocenters. The van der Waals surface area contributed by atoms with Crippen LogP contribution < -0.4 is 10.1 Å². The minimum Gasteiger partial charge on any atom is -0.490 e. The summed E-state index contributed by atoms with van der Waals surface area (Å²) in [6.07, 6.45) is 6.80. The second-order valence-corrected chi connectivity index (χ2v) is 4.94. The average molecular weight is 217 g/mol. The first-order chi connectivity index (χ1) is 7.90. The van der Waals surface area contributed by atoms with E-state index >= 15 is 0 Å². The molecule has 16 heavy (non-hydrogen) atoms. The molecule has 2 heteroatoms. The van der Waals surface area contributed by atoms with E-state index in [1.165, 1.54) is 31.2 Å². The zero-order valence-electron chi connectivity index (χ0n) is 9.61. The third kappa shape index (κ3) is 2.99. The van der Waals surface area contributed by atoms with Crippen LogP contribution in [0.5, 0.6) is 5.75 Å². The highest BCUT2D eigenvalue weighted by Crippen LogP contribution is 2.27. The van der Waals surface area contributed by atoms with Gasteiger partial charge in [-0.2, -0.15) is 0 Å². The fourth-order valence-electron chi connectivity index (χ4n) is 1.86. The predicted octanol–water partition coefficient (Wildman–Crippen LogP) is 2.52. The molecule has 1 aromatic carbocycles. The summed E-state index contributed by atoms with van der Waals surface area (Å²) in [4.78, 5) is 0. The van der Waals surface area contributed by atoms with Gasteiger partial charge in [-0.1, -0.05) is 12.1 Å². The monoisotopic (exact) mass is 217 g/mol. The molecule has 0 aromatic heterocycles. The van der Waals surface area contributed by atoms with Gasteiger partial charge in [0.1, 0.15) is 5.75 Å². The van der Waals surface area contributed by atoms with Crippen molar-refractivity contribution >= 4 is 0 Å². The average Bonchev–Trinajstić information content (AvgIpc) is 3.12. The first-order valence-corrected chi connectivity index (χ1v) is 6.39. The maximum Gasteiger partial charge on any atom is 0.119 e. The predicted molar refractivity (Wildman–Crippen MR) is 64.8 cm³/mol. The fraction of sp³-hybridized carbons (Fsp3) is 0.571. The first-order valence-electron chi connectivity index (χ1n) is 6.39. The molecule has 2 nitrogen and oxygen atoms in total. The van der Waals surface area contributed by atoms with Gasteiger partial charge in [-0.15, -0.1) is 0 Å². The molecule has 2 aliphatic carbocycles. The van der Waals surface area contributed by atoms with Crippen LogP contribution in [-0.4, -0.2) is 18.7 Å². The summed E-state index contributed by atoms with van der Waals surface area (Å²) in [5.74, 6) is 1.05.